The van der Waals surface area contributed by atoms with Gasteiger partial charge in [0.15, 0.2) is 0 Å². The molecule has 0 bridgehead atoms. The van der Waals surface area contributed by atoms with Crippen LogP contribution < -0.4 is 11.1 Å². The fourth-order valence-electron chi connectivity index (χ4n) is 2.62. The van der Waals surface area contributed by atoms with Gasteiger partial charge in [-0.3, -0.25) is 9.59 Å². The Morgan fingerprint density at radius 3 is 2.46 bits per heavy atom. The van der Waals surface area contributed by atoms with Crippen molar-refractivity contribution >= 4 is 29.9 Å². The predicted molar refractivity (Wildman–Crippen MR) is 96.3 cm³/mol. The standard InChI is InChI=1S/C17H25N3O3.ClH/c1-23-12-15(18)17(22)19-14-7-4-13(5-8-14)6-9-16(21)20-10-2-3-11-20;/h4-5,7-8,15H,2-3,6,9-12,18H2,1H3,(H,19,22);1H. The predicted octanol–water partition coefficient (Wildman–Crippen LogP) is 1.58. The minimum absolute atomic E-state index is 0. The lowest BCUT2D eigenvalue weighted by Crippen LogP contribution is -2.39. The summed E-state index contributed by atoms with van der Waals surface area (Å²) in [5.74, 6) is -0.0470. The Bertz CT molecular complexity index is 530. The number of rotatable bonds is 7. The Hall–Kier alpha value is -1.63. The largest absolute Gasteiger partial charge is 0.383 e. The number of nitrogens with zero attached hydrogens (tertiary/aromatic N) is 1. The maximum absolute atomic E-state index is 12.0. The van der Waals surface area contributed by atoms with E-state index in [0.29, 0.717) is 18.5 Å². The molecule has 0 aliphatic carbocycles. The van der Waals surface area contributed by atoms with Crippen molar-refractivity contribution in [1.82, 2.24) is 4.90 Å². The van der Waals surface area contributed by atoms with Gasteiger partial charge in [0.25, 0.3) is 0 Å². The smallest absolute Gasteiger partial charge is 0.243 e. The van der Waals surface area contributed by atoms with Gasteiger partial charge in [-0.1, -0.05) is 12.1 Å². The lowest BCUT2D eigenvalue weighted by molar-refractivity contribution is -0.130. The van der Waals surface area contributed by atoms with Gasteiger partial charge in [0.2, 0.25) is 11.8 Å². The van der Waals surface area contributed by atoms with Gasteiger partial charge in [0.1, 0.15) is 6.04 Å². The number of halogens is 1. The van der Waals surface area contributed by atoms with Crippen LogP contribution in [0.5, 0.6) is 0 Å². The maximum atomic E-state index is 12.0. The monoisotopic (exact) mass is 355 g/mol. The SMILES string of the molecule is COCC(N)C(=O)Nc1ccc(CCC(=O)N2CCCC2)cc1.Cl. The van der Waals surface area contributed by atoms with Crippen molar-refractivity contribution in [3.05, 3.63) is 29.8 Å². The van der Waals surface area contributed by atoms with Gasteiger partial charge in [-0.25, -0.2) is 0 Å². The Balaban J connectivity index is 0.00000288. The highest BCUT2D eigenvalue weighted by Crippen LogP contribution is 2.14. The summed E-state index contributed by atoms with van der Waals surface area (Å²) < 4.78 is 4.86. The molecule has 1 unspecified atom stereocenters. The third-order valence-electron chi connectivity index (χ3n) is 3.99. The number of carbonyl (C=O) groups excluding carboxylic acids is 2. The molecule has 24 heavy (non-hydrogen) atoms. The molecular weight excluding hydrogens is 330 g/mol. The molecule has 0 radical (unpaired) electrons. The van der Waals surface area contributed by atoms with Crippen LogP contribution in [0.15, 0.2) is 24.3 Å². The summed E-state index contributed by atoms with van der Waals surface area (Å²) in [5.41, 5.74) is 7.44. The molecular formula is C17H26ClN3O3. The molecule has 1 atom stereocenters. The number of nitrogens with two attached hydrogens (primary N) is 1. The van der Waals surface area contributed by atoms with Gasteiger partial charge >= 0.3 is 0 Å². The summed E-state index contributed by atoms with van der Waals surface area (Å²) in [6.45, 7) is 1.97. The highest BCUT2D eigenvalue weighted by atomic mass is 35.5. The molecule has 1 aromatic rings. The summed E-state index contributed by atoms with van der Waals surface area (Å²) in [7, 11) is 1.51. The molecule has 1 fully saturated rings. The lowest BCUT2D eigenvalue weighted by atomic mass is 10.1. The lowest BCUT2D eigenvalue weighted by Gasteiger charge is -2.15. The molecule has 134 valence electrons. The molecule has 3 N–H and O–H groups in total. The minimum Gasteiger partial charge on any atom is -0.383 e. The van der Waals surface area contributed by atoms with E-state index < -0.39 is 6.04 Å². The molecule has 0 saturated carbocycles. The van der Waals surface area contributed by atoms with Gasteiger partial charge in [-0.15, -0.1) is 12.4 Å². The number of hydrogen-bond donors (Lipinski definition) is 2. The highest BCUT2D eigenvalue weighted by Gasteiger charge is 2.17. The summed E-state index contributed by atoms with van der Waals surface area (Å²) in [6.07, 6.45) is 3.48. The number of hydrogen-bond acceptors (Lipinski definition) is 4. The van der Waals surface area contributed by atoms with E-state index in [4.69, 9.17) is 10.5 Å². The van der Waals surface area contributed by atoms with Gasteiger partial charge in [-0.2, -0.15) is 0 Å². The molecule has 0 spiro atoms. The highest BCUT2D eigenvalue weighted by molar-refractivity contribution is 5.94. The number of likely N-dealkylation sites (tertiary alicyclic amines) is 1. The summed E-state index contributed by atoms with van der Waals surface area (Å²) in [6, 6.07) is 6.82. The second-order valence-electron chi connectivity index (χ2n) is 5.84. The Morgan fingerprint density at radius 1 is 1.25 bits per heavy atom. The molecule has 0 aromatic heterocycles. The van der Waals surface area contributed by atoms with Crippen molar-refractivity contribution in [2.75, 3.05) is 32.1 Å². The zero-order chi connectivity index (χ0) is 16.7. The van der Waals surface area contributed by atoms with Crippen LogP contribution in [0, 0.1) is 0 Å². The van der Waals surface area contributed by atoms with E-state index in [1.54, 1.807) is 0 Å². The van der Waals surface area contributed by atoms with Crippen LogP contribution in [0.4, 0.5) is 5.69 Å². The first-order chi connectivity index (χ1) is 11.1. The summed E-state index contributed by atoms with van der Waals surface area (Å²) in [4.78, 5) is 25.7. The van der Waals surface area contributed by atoms with Gasteiger partial charge in [0.05, 0.1) is 6.61 Å². The number of ether oxygens (including phenoxy) is 1. The zero-order valence-electron chi connectivity index (χ0n) is 14.0. The van der Waals surface area contributed by atoms with Crippen molar-refractivity contribution in [2.45, 2.75) is 31.7 Å². The normalized spacial score (nSPS) is 14.8. The number of amides is 2. The Morgan fingerprint density at radius 2 is 1.88 bits per heavy atom. The Labute approximate surface area is 149 Å². The van der Waals surface area contributed by atoms with Crippen molar-refractivity contribution < 1.29 is 14.3 Å². The maximum Gasteiger partial charge on any atom is 0.243 e. The second-order valence-corrected chi connectivity index (χ2v) is 5.84. The van der Waals surface area contributed by atoms with Crippen molar-refractivity contribution in [3.63, 3.8) is 0 Å². The van der Waals surface area contributed by atoms with E-state index in [0.717, 1.165) is 31.5 Å². The first-order valence-electron chi connectivity index (χ1n) is 8.02. The fraction of sp³-hybridized carbons (Fsp3) is 0.529. The molecule has 1 aliphatic heterocycles. The summed E-state index contributed by atoms with van der Waals surface area (Å²) >= 11 is 0. The van der Waals surface area contributed by atoms with Crippen molar-refractivity contribution in [2.24, 2.45) is 5.73 Å². The number of nitrogens with one attached hydrogen (secondary N) is 1. The first-order valence-corrected chi connectivity index (χ1v) is 8.02. The van der Waals surface area contributed by atoms with Crippen LogP contribution >= 0.6 is 12.4 Å². The second kappa shape index (κ2) is 10.3. The van der Waals surface area contributed by atoms with Crippen LogP contribution in [0.1, 0.15) is 24.8 Å². The van der Waals surface area contributed by atoms with Crippen LogP contribution in [0.2, 0.25) is 0 Å². The Kier molecular flexibility index (Phi) is 8.74. The van der Waals surface area contributed by atoms with E-state index in [1.165, 1.54) is 7.11 Å². The molecule has 1 saturated heterocycles. The number of methoxy groups -OCH3 is 1. The van der Waals surface area contributed by atoms with E-state index >= 15 is 0 Å². The quantitative estimate of drug-likeness (QED) is 0.777. The molecule has 7 heteroatoms. The number of benzene rings is 1. The average Bonchev–Trinajstić information content (AvgIpc) is 3.08. The fourth-order valence-corrected chi connectivity index (χ4v) is 2.62. The van der Waals surface area contributed by atoms with Gasteiger partial charge in [-0.05, 0) is 37.0 Å². The number of aryl methyl sites for hydroxylation is 1. The molecule has 2 amide bonds. The molecule has 1 aromatic carbocycles. The minimum atomic E-state index is -0.683. The van der Waals surface area contributed by atoms with Crippen LogP contribution in [0.3, 0.4) is 0 Å². The van der Waals surface area contributed by atoms with Crippen LogP contribution in [-0.4, -0.2) is 49.6 Å². The first kappa shape index (κ1) is 20.4. The third kappa shape index (κ3) is 6.11. The van der Waals surface area contributed by atoms with E-state index in [2.05, 4.69) is 5.32 Å². The molecule has 1 heterocycles. The number of anilines is 1. The summed E-state index contributed by atoms with van der Waals surface area (Å²) in [5, 5.41) is 2.74. The zero-order valence-corrected chi connectivity index (χ0v) is 14.8. The molecule has 1 aliphatic rings. The van der Waals surface area contributed by atoms with Crippen LogP contribution in [0.25, 0.3) is 0 Å². The van der Waals surface area contributed by atoms with Crippen LogP contribution in [-0.2, 0) is 20.7 Å². The third-order valence-corrected chi connectivity index (χ3v) is 3.99. The van der Waals surface area contributed by atoms with Gasteiger partial charge < -0.3 is 20.7 Å². The van der Waals surface area contributed by atoms with E-state index in [-0.39, 0.29) is 30.8 Å². The molecule has 6 nitrogen and oxygen atoms in total. The van der Waals surface area contributed by atoms with E-state index in [9.17, 15) is 9.59 Å². The number of carbonyl (C=O) groups is 2. The van der Waals surface area contributed by atoms with E-state index in [1.807, 2.05) is 29.2 Å². The van der Waals surface area contributed by atoms with Crippen molar-refractivity contribution in [1.29, 1.82) is 0 Å². The molecule has 2 rings (SSSR count). The van der Waals surface area contributed by atoms with Crippen molar-refractivity contribution in [3.8, 4) is 0 Å². The van der Waals surface area contributed by atoms with Gasteiger partial charge in [0, 0.05) is 32.3 Å². The average molecular weight is 356 g/mol. The topological polar surface area (TPSA) is 84.7 Å².